The summed E-state index contributed by atoms with van der Waals surface area (Å²) in [5.41, 5.74) is 5.93. The summed E-state index contributed by atoms with van der Waals surface area (Å²) in [5.74, 6) is -0.264. The molecule has 1 rings (SSSR count). The minimum absolute atomic E-state index is 0.0497. The monoisotopic (exact) mass is 346 g/mol. The number of nitrogens with two attached hydrogens (primary N) is 1. The molecule has 0 saturated carbocycles. The summed E-state index contributed by atoms with van der Waals surface area (Å²) in [6, 6.07) is 5.03. The van der Waals surface area contributed by atoms with Crippen molar-refractivity contribution in [3.63, 3.8) is 0 Å². The number of halogens is 1. The Labute approximate surface area is 124 Å². The van der Waals surface area contributed by atoms with Gasteiger partial charge in [0.25, 0.3) is 0 Å². The van der Waals surface area contributed by atoms with Crippen LogP contribution in [0.5, 0.6) is 0 Å². The number of carbonyl (C=O) groups is 1. The topological polar surface area (TPSA) is 72.2 Å². The summed E-state index contributed by atoms with van der Waals surface area (Å²) in [7, 11) is -1.38. The van der Waals surface area contributed by atoms with Gasteiger partial charge in [0.2, 0.25) is 5.91 Å². The Kier molecular flexibility index (Phi) is 5.55. The van der Waals surface area contributed by atoms with Crippen molar-refractivity contribution in [2.24, 2.45) is 0 Å². The van der Waals surface area contributed by atoms with Crippen LogP contribution in [0.25, 0.3) is 0 Å². The molecule has 0 bridgehead atoms. The van der Waals surface area contributed by atoms with Crippen LogP contribution in [0.15, 0.2) is 27.6 Å². The van der Waals surface area contributed by atoms with Crippen molar-refractivity contribution in [2.45, 2.75) is 37.6 Å². The minimum atomic E-state index is -1.38. The van der Waals surface area contributed by atoms with E-state index in [4.69, 9.17) is 5.73 Å². The van der Waals surface area contributed by atoms with Crippen molar-refractivity contribution in [2.75, 3.05) is 11.5 Å². The van der Waals surface area contributed by atoms with E-state index in [0.29, 0.717) is 15.1 Å². The molecule has 6 heteroatoms. The number of rotatable bonds is 5. The summed E-state index contributed by atoms with van der Waals surface area (Å²) < 4.78 is 12.8. The van der Waals surface area contributed by atoms with Gasteiger partial charge in [-0.05, 0) is 54.4 Å². The Morgan fingerprint density at radius 1 is 1.47 bits per heavy atom. The summed E-state index contributed by atoms with van der Waals surface area (Å²) in [5, 5.41) is 2.87. The number of amides is 1. The molecule has 1 unspecified atom stereocenters. The number of nitrogen functional groups attached to an aromatic ring is 1. The van der Waals surface area contributed by atoms with Gasteiger partial charge in [-0.15, -0.1) is 0 Å². The molecule has 0 aliphatic heterocycles. The largest absolute Gasteiger partial charge is 0.399 e. The molecule has 4 nitrogen and oxygen atoms in total. The second kappa shape index (κ2) is 6.52. The van der Waals surface area contributed by atoms with Gasteiger partial charge in [0.1, 0.15) is 5.75 Å². The van der Waals surface area contributed by atoms with Crippen LogP contribution in [0, 0.1) is 0 Å². The van der Waals surface area contributed by atoms with E-state index in [1.807, 2.05) is 20.8 Å². The predicted octanol–water partition coefficient (Wildman–Crippen LogP) is 2.44. The fourth-order valence-corrected chi connectivity index (χ4v) is 3.30. The highest BCUT2D eigenvalue weighted by Gasteiger charge is 2.20. The van der Waals surface area contributed by atoms with Crippen LogP contribution in [0.1, 0.15) is 27.2 Å². The van der Waals surface area contributed by atoms with Gasteiger partial charge in [-0.25, -0.2) is 0 Å². The molecule has 0 radical (unpaired) electrons. The maximum Gasteiger partial charge on any atom is 0.233 e. The van der Waals surface area contributed by atoms with Crippen molar-refractivity contribution in [1.82, 2.24) is 5.32 Å². The van der Waals surface area contributed by atoms with E-state index in [1.165, 1.54) is 0 Å². The lowest BCUT2D eigenvalue weighted by molar-refractivity contribution is -0.120. The number of hydrogen-bond donors (Lipinski definition) is 2. The SMILES string of the molecule is CCC(C)(C)NC(=O)CS(=O)c1ccc(N)cc1Br. The molecule has 0 spiro atoms. The minimum Gasteiger partial charge on any atom is -0.399 e. The van der Waals surface area contributed by atoms with E-state index >= 15 is 0 Å². The molecule has 1 aromatic rings. The molecule has 106 valence electrons. The van der Waals surface area contributed by atoms with Crippen molar-refractivity contribution in [1.29, 1.82) is 0 Å². The molecule has 0 saturated heterocycles. The first-order valence-electron chi connectivity index (χ1n) is 5.99. The average Bonchev–Trinajstić information content (AvgIpc) is 2.27. The van der Waals surface area contributed by atoms with Crippen molar-refractivity contribution in [3.8, 4) is 0 Å². The molecule has 0 aromatic heterocycles. The Morgan fingerprint density at radius 2 is 2.11 bits per heavy atom. The zero-order valence-corrected chi connectivity index (χ0v) is 13.7. The van der Waals surface area contributed by atoms with Crippen molar-refractivity contribution >= 4 is 38.3 Å². The Balaban J connectivity index is 2.72. The molecule has 0 heterocycles. The number of nitrogens with one attached hydrogen (secondary N) is 1. The predicted molar refractivity (Wildman–Crippen MR) is 82.3 cm³/mol. The third-order valence-corrected chi connectivity index (χ3v) is 5.11. The number of hydrogen-bond acceptors (Lipinski definition) is 3. The van der Waals surface area contributed by atoms with E-state index in [-0.39, 0.29) is 17.2 Å². The average molecular weight is 347 g/mol. The van der Waals surface area contributed by atoms with Gasteiger partial charge in [0.05, 0.1) is 15.7 Å². The molecule has 3 N–H and O–H groups in total. The van der Waals surface area contributed by atoms with E-state index < -0.39 is 10.8 Å². The van der Waals surface area contributed by atoms with Gasteiger partial charge in [0, 0.05) is 15.7 Å². The number of carbonyl (C=O) groups excluding carboxylic acids is 1. The van der Waals surface area contributed by atoms with Gasteiger partial charge >= 0.3 is 0 Å². The van der Waals surface area contributed by atoms with Crippen LogP contribution in [0.2, 0.25) is 0 Å². The van der Waals surface area contributed by atoms with E-state index in [2.05, 4.69) is 21.2 Å². The third kappa shape index (κ3) is 4.95. The van der Waals surface area contributed by atoms with Crippen molar-refractivity contribution in [3.05, 3.63) is 22.7 Å². The fraction of sp³-hybridized carbons (Fsp3) is 0.462. The second-order valence-electron chi connectivity index (χ2n) is 4.97. The summed E-state index contributed by atoms with van der Waals surface area (Å²) in [6.45, 7) is 5.87. The maximum atomic E-state index is 12.1. The van der Waals surface area contributed by atoms with Crippen LogP contribution in [-0.4, -0.2) is 21.4 Å². The smallest absolute Gasteiger partial charge is 0.233 e. The first-order chi connectivity index (χ1) is 8.75. The summed E-state index contributed by atoms with van der Waals surface area (Å²) in [6.07, 6.45) is 0.816. The molecule has 1 aromatic carbocycles. The van der Waals surface area contributed by atoms with Gasteiger partial charge in [-0.3, -0.25) is 9.00 Å². The molecule has 1 amide bonds. The first-order valence-corrected chi connectivity index (χ1v) is 8.11. The van der Waals surface area contributed by atoms with Crippen LogP contribution >= 0.6 is 15.9 Å². The first kappa shape index (κ1) is 16.2. The van der Waals surface area contributed by atoms with E-state index in [0.717, 1.165) is 6.42 Å². The zero-order valence-electron chi connectivity index (χ0n) is 11.3. The number of anilines is 1. The lowest BCUT2D eigenvalue weighted by atomic mass is 10.0. The second-order valence-corrected chi connectivity index (χ2v) is 7.24. The number of benzene rings is 1. The highest BCUT2D eigenvalue weighted by Crippen LogP contribution is 2.23. The Morgan fingerprint density at radius 3 is 2.63 bits per heavy atom. The molecular weight excluding hydrogens is 328 g/mol. The Hall–Kier alpha value is -0.880. The van der Waals surface area contributed by atoms with Crippen LogP contribution in [0.4, 0.5) is 5.69 Å². The zero-order chi connectivity index (χ0) is 14.6. The molecule has 1 atom stereocenters. The molecule has 19 heavy (non-hydrogen) atoms. The fourth-order valence-electron chi connectivity index (χ4n) is 1.40. The molecule has 0 aliphatic rings. The normalized spacial score (nSPS) is 13.1. The summed E-state index contributed by atoms with van der Waals surface area (Å²) >= 11 is 3.31. The van der Waals surface area contributed by atoms with Gasteiger partial charge in [-0.2, -0.15) is 0 Å². The summed E-state index contributed by atoms with van der Waals surface area (Å²) in [4.78, 5) is 12.4. The van der Waals surface area contributed by atoms with Crippen LogP contribution < -0.4 is 11.1 Å². The van der Waals surface area contributed by atoms with Gasteiger partial charge < -0.3 is 11.1 Å². The van der Waals surface area contributed by atoms with Gasteiger partial charge in [0.15, 0.2) is 0 Å². The maximum absolute atomic E-state index is 12.1. The third-order valence-electron chi connectivity index (χ3n) is 2.83. The van der Waals surface area contributed by atoms with Crippen LogP contribution in [-0.2, 0) is 15.6 Å². The van der Waals surface area contributed by atoms with E-state index in [1.54, 1.807) is 18.2 Å². The highest BCUT2D eigenvalue weighted by molar-refractivity contribution is 9.10. The lowest BCUT2D eigenvalue weighted by Crippen LogP contribution is -2.44. The van der Waals surface area contributed by atoms with E-state index in [9.17, 15) is 9.00 Å². The molecule has 0 aliphatic carbocycles. The standard InChI is InChI=1S/C13H19BrN2O2S/c1-4-13(2,3)16-12(17)8-19(18)11-6-5-9(15)7-10(11)14/h5-7H,4,8,15H2,1-3H3,(H,16,17). The molecular formula is C13H19BrN2O2S. The Bertz CT molecular complexity index is 503. The quantitative estimate of drug-likeness (QED) is 0.804. The van der Waals surface area contributed by atoms with Crippen LogP contribution in [0.3, 0.4) is 0 Å². The van der Waals surface area contributed by atoms with Crippen molar-refractivity contribution < 1.29 is 9.00 Å². The lowest BCUT2D eigenvalue weighted by Gasteiger charge is -2.24. The highest BCUT2D eigenvalue weighted by atomic mass is 79.9. The van der Waals surface area contributed by atoms with Gasteiger partial charge in [-0.1, -0.05) is 6.92 Å². The molecule has 0 fully saturated rings.